The molecule has 0 amide bonds. The summed E-state index contributed by atoms with van der Waals surface area (Å²) < 4.78 is 5.42. The van der Waals surface area contributed by atoms with Gasteiger partial charge in [-0.3, -0.25) is 15.1 Å². The first-order chi connectivity index (χ1) is 14.0. The number of hydrogen-bond acceptors (Lipinski definition) is 6. The van der Waals surface area contributed by atoms with Gasteiger partial charge >= 0.3 is 5.63 Å². The molecule has 1 atom stereocenters. The number of nitro benzene ring substituents is 1. The number of pyridine rings is 1. The molecular weight excluding hydrogens is 372 g/mol. The van der Waals surface area contributed by atoms with Crippen molar-refractivity contribution < 1.29 is 14.4 Å². The van der Waals surface area contributed by atoms with Crippen LogP contribution in [0.25, 0.3) is 11.0 Å². The minimum absolute atomic E-state index is 0.0508. The molecule has 0 spiro atoms. The van der Waals surface area contributed by atoms with Crippen LogP contribution in [0.3, 0.4) is 0 Å². The van der Waals surface area contributed by atoms with Gasteiger partial charge in [0.15, 0.2) is 0 Å². The Hall–Kier alpha value is -4.00. The van der Waals surface area contributed by atoms with E-state index in [9.17, 15) is 20.0 Å². The first-order valence-electron chi connectivity index (χ1n) is 8.93. The van der Waals surface area contributed by atoms with E-state index in [2.05, 4.69) is 4.98 Å². The van der Waals surface area contributed by atoms with Gasteiger partial charge in [0, 0.05) is 36.4 Å². The second-order valence-corrected chi connectivity index (χ2v) is 6.58. The van der Waals surface area contributed by atoms with E-state index in [-0.39, 0.29) is 29.0 Å². The lowest BCUT2D eigenvalue weighted by Crippen LogP contribution is -2.17. The smallest absolute Gasteiger partial charge is 0.343 e. The number of aromatic hydroxyl groups is 1. The molecule has 0 aliphatic rings. The van der Waals surface area contributed by atoms with Crippen molar-refractivity contribution in [2.45, 2.75) is 12.3 Å². The van der Waals surface area contributed by atoms with Gasteiger partial charge in [-0.15, -0.1) is 0 Å². The van der Waals surface area contributed by atoms with E-state index >= 15 is 0 Å². The van der Waals surface area contributed by atoms with Gasteiger partial charge in [0.25, 0.3) is 5.69 Å². The molecule has 29 heavy (non-hydrogen) atoms. The molecule has 2 heterocycles. The molecular formula is C22H16N2O5. The van der Waals surface area contributed by atoms with Crippen LogP contribution >= 0.6 is 0 Å². The van der Waals surface area contributed by atoms with E-state index in [1.165, 1.54) is 12.1 Å². The summed E-state index contributed by atoms with van der Waals surface area (Å²) >= 11 is 0. The lowest BCUT2D eigenvalue weighted by atomic mass is 9.86. The van der Waals surface area contributed by atoms with E-state index in [1.807, 2.05) is 6.07 Å². The third-order valence-corrected chi connectivity index (χ3v) is 4.79. The van der Waals surface area contributed by atoms with Crippen molar-refractivity contribution in [3.8, 4) is 5.75 Å². The molecule has 0 saturated carbocycles. The van der Waals surface area contributed by atoms with E-state index < -0.39 is 16.5 Å². The highest BCUT2D eigenvalue weighted by atomic mass is 16.6. The fourth-order valence-corrected chi connectivity index (χ4v) is 3.42. The van der Waals surface area contributed by atoms with Crippen molar-refractivity contribution >= 4 is 16.7 Å². The molecule has 0 bridgehead atoms. The highest BCUT2D eigenvalue weighted by Crippen LogP contribution is 2.36. The molecule has 1 unspecified atom stereocenters. The Morgan fingerprint density at radius 1 is 1.07 bits per heavy atom. The summed E-state index contributed by atoms with van der Waals surface area (Å²) in [6.07, 6.45) is 1.89. The average Bonchev–Trinajstić information content (AvgIpc) is 2.74. The predicted octanol–water partition coefficient (Wildman–Crippen LogP) is 4.18. The topological polar surface area (TPSA) is 106 Å². The molecule has 0 radical (unpaired) electrons. The second-order valence-electron chi connectivity index (χ2n) is 6.58. The third kappa shape index (κ3) is 3.58. The van der Waals surface area contributed by atoms with E-state index in [4.69, 9.17) is 4.42 Å². The summed E-state index contributed by atoms with van der Waals surface area (Å²) in [4.78, 5) is 27.8. The fraction of sp³-hybridized carbons (Fsp3) is 0.0909. The number of para-hydroxylation sites is 1. The van der Waals surface area contributed by atoms with Crippen LogP contribution in [0.5, 0.6) is 5.75 Å². The normalized spacial score (nSPS) is 12.0. The second kappa shape index (κ2) is 7.55. The van der Waals surface area contributed by atoms with Crippen LogP contribution in [-0.4, -0.2) is 15.0 Å². The van der Waals surface area contributed by atoms with E-state index in [0.29, 0.717) is 16.6 Å². The van der Waals surface area contributed by atoms with Gasteiger partial charge in [0.05, 0.1) is 15.9 Å². The lowest BCUT2D eigenvalue weighted by Gasteiger charge is -2.18. The Balaban J connectivity index is 1.94. The van der Waals surface area contributed by atoms with Crippen molar-refractivity contribution in [2.75, 3.05) is 0 Å². The van der Waals surface area contributed by atoms with Crippen LogP contribution in [0.15, 0.2) is 82.1 Å². The average molecular weight is 388 g/mol. The predicted molar refractivity (Wildman–Crippen MR) is 107 cm³/mol. The molecule has 0 saturated heterocycles. The summed E-state index contributed by atoms with van der Waals surface area (Å²) in [6.45, 7) is 0. The van der Waals surface area contributed by atoms with Gasteiger partial charge in [-0.05, 0) is 29.8 Å². The maximum absolute atomic E-state index is 12.8. The standard InChI is InChI=1S/C22H16N2O5/c25-21-17-9-1-2-10-19(17)29-22(26)20(21)18(13-15-7-3-4-11-23-15)14-6-5-8-16(12-14)24(27)28/h1-12,18,25H,13H2. The highest BCUT2D eigenvalue weighted by Gasteiger charge is 2.26. The Morgan fingerprint density at radius 2 is 1.86 bits per heavy atom. The zero-order chi connectivity index (χ0) is 20.4. The monoisotopic (exact) mass is 388 g/mol. The Kier molecular flexibility index (Phi) is 4.78. The molecule has 2 aromatic carbocycles. The molecule has 0 aliphatic heterocycles. The molecule has 144 valence electrons. The molecule has 4 rings (SSSR count). The number of benzene rings is 2. The number of nitro groups is 1. The lowest BCUT2D eigenvalue weighted by molar-refractivity contribution is -0.384. The third-order valence-electron chi connectivity index (χ3n) is 4.79. The van der Waals surface area contributed by atoms with Crippen LogP contribution in [-0.2, 0) is 6.42 Å². The van der Waals surface area contributed by atoms with Gasteiger partial charge < -0.3 is 9.52 Å². The number of fused-ring (bicyclic) bond motifs is 1. The van der Waals surface area contributed by atoms with Crippen molar-refractivity contribution in [2.24, 2.45) is 0 Å². The molecule has 4 aromatic rings. The van der Waals surface area contributed by atoms with Gasteiger partial charge in [-0.1, -0.05) is 30.3 Å². The van der Waals surface area contributed by atoms with Crippen LogP contribution in [0.2, 0.25) is 0 Å². The van der Waals surface area contributed by atoms with Crippen molar-refractivity contribution in [1.82, 2.24) is 4.98 Å². The maximum atomic E-state index is 12.8. The van der Waals surface area contributed by atoms with Crippen molar-refractivity contribution in [3.63, 3.8) is 0 Å². The van der Waals surface area contributed by atoms with E-state index in [1.54, 1.807) is 54.7 Å². The SMILES string of the molecule is O=c1oc2ccccc2c(O)c1C(Cc1ccccn1)c1cccc([N+](=O)[O-])c1. The number of rotatable bonds is 5. The van der Waals surface area contributed by atoms with Gasteiger partial charge in [-0.2, -0.15) is 0 Å². The molecule has 7 nitrogen and oxygen atoms in total. The summed E-state index contributed by atoms with van der Waals surface area (Å²) in [5, 5.41) is 22.5. The molecule has 7 heteroatoms. The Bertz CT molecular complexity index is 1250. The summed E-state index contributed by atoms with van der Waals surface area (Å²) in [5.74, 6) is -0.866. The van der Waals surface area contributed by atoms with Gasteiger partial charge in [0.1, 0.15) is 11.3 Å². The number of non-ortho nitro benzene ring substituents is 1. The van der Waals surface area contributed by atoms with Crippen LogP contribution < -0.4 is 5.63 Å². The largest absolute Gasteiger partial charge is 0.507 e. The summed E-state index contributed by atoms with van der Waals surface area (Å²) in [5.41, 5.74) is 0.731. The van der Waals surface area contributed by atoms with E-state index in [0.717, 1.165) is 0 Å². The Morgan fingerprint density at radius 3 is 2.62 bits per heavy atom. The zero-order valence-corrected chi connectivity index (χ0v) is 15.2. The number of aromatic nitrogens is 1. The maximum Gasteiger partial charge on any atom is 0.343 e. The summed E-state index contributed by atoms with van der Waals surface area (Å²) in [6, 6.07) is 18.1. The van der Waals surface area contributed by atoms with Gasteiger partial charge in [0.2, 0.25) is 0 Å². The van der Waals surface area contributed by atoms with Crippen molar-refractivity contribution in [1.29, 1.82) is 0 Å². The molecule has 0 fully saturated rings. The Labute approximate surface area is 165 Å². The highest BCUT2D eigenvalue weighted by molar-refractivity contribution is 5.84. The van der Waals surface area contributed by atoms with Crippen LogP contribution in [0, 0.1) is 10.1 Å². The minimum Gasteiger partial charge on any atom is -0.507 e. The summed E-state index contributed by atoms with van der Waals surface area (Å²) in [7, 11) is 0. The number of nitrogens with zero attached hydrogens (tertiary/aromatic N) is 2. The zero-order valence-electron chi connectivity index (χ0n) is 15.2. The molecule has 2 aromatic heterocycles. The first-order valence-corrected chi connectivity index (χ1v) is 8.93. The van der Waals surface area contributed by atoms with Crippen molar-refractivity contribution in [3.05, 3.63) is 110 Å². The van der Waals surface area contributed by atoms with Gasteiger partial charge in [-0.25, -0.2) is 4.79 Å². The van der Waals surface area contributed by atoms with Crippen LogP contribution in [0.4, 0.5) is 5.69 Å². The first kappa shape index (κ1) is 18.4. The quantitative estimate of drug-likeness (QED) is 0.312. The van der Waals surface area contributed by atoms with Crippen LogP contribution in [0.1, 0.15) is 22.7 Å². The minimum atomic E-state index is -0.686. The fourth-order valence-electron chi connectivity index (χ4n) is 3.42. The number of hydrogen-bond donors (Lipinski definition) is 1. The molecule has 0 aliphatic carbocycles. The molecule has 1 N–H and O–H groups in total.